The third-order valence-electron chi connectivity index (χ3n) is 4.11. The second kappa shape index (κ2) is 6.63. The summed E-state index contributed by atoms with van der Waals surface area (Å²) in [5.41, 5.74) is 1.05. The topological polar surface area (TPSA) is 72.0 Å². The van der Waals surface area contributed by atoms with Crippen LogP contribution in [0.5, 0.6) is 0 Å². The van der Waals surface area contributed by atoms with Crippen LogP contribution in [0.2, 0.25) is 0 Å². The van der Waals surface area contributed by atoms with Gasteiger partial charge in [0.05, 0.1) is 5.25 Å². The van der Waals surface area contributed by atoms with Gasteiger partial charge in [-0.25, -0.2) is 18.4 Å². The predicted octanol–water partition coefficient (Wildman–Crippen LogP) is 1.73. The van der Waals surface area contributed by atoms with E-state index in [-0.39, 0.29) is 11.3 Å². The normalized spacial score (nSPS) is 25.3. The highest BCUT2D eigenvalue weighted by Crippen LogP contribution is 2.36. The van der Waals surface area contributed by atoms with Gasteiger partial charge < -0.3 is 5.32 Å². The lowest BCUT2D eigenvalue weighted by molar-refractivity contribution is 0.275. The zero-order valence-electron chi connectivity index (χ0n) is 12.1. The summed E-state index contributed by atoms with van der Waals surface area (Å²) in [5, 5.41) is 3.26. The summed E-state index contributed by atoms with van der Waals surface area (Å²) in [6.07, 6.45) is 10.1. The first-order chi connectivity index (χ1) is 9.52. The molecule has 0 saturated heterocycles. The lowest BCUT2D eigenvalue weighted by Crippen LogP contribution is -2.35. The maximum atomic E-state index is 11.8. The summed E-state index contributed by atoms with van der Waals surface area (Å²) < 4.78 is 23.6. The maximum Gasteiger partial charge on any atom is 0.150 e. The lowest BCUT2D eigenvalue weighted by atomic mass is 9.81. The molecule has 1 N–H and O–H groups in total. The number of hydrogen-bond acceptors (Lipinski definition) is 5. The molecular formula is C14H23N3O2S. The fourth-order valence-electron chi connectivity index (χ4n) is 3.12. The van der Waals surface area contributed by atoms with E-state index < -0.39 is 9.84 Å². The molecule has 6 heteroatoms. The van der Waals surface area contributed by atoms with E-state index in [4.69, 9.17) is 0 Å². The van der Waals surface area contributed by atoms with Crippen LogP contribution < -0.4 is 5.32 Å². The minimum absolute atomic E-state index is 0.144. The standard InChI is InChI=1S/C14H23N3O2S/c1-3-17-14(12-8-15-10-16-9-12)11-5-4-6-13(7-11)20(2,18)19/h8-11,13-14,17H,3-7H2,1-2H3. The minimum Gasteiger partial charge on any atom is -0.310 e. The molecule has 1 saturated carbocycles. The molecular weight excluding hydrogens is 274 g/mol. The molecule has 112 valence electrons. The van der Waals surface area contributed by atoms with Crippen LogP contribution in [-0.4, -0.2) is 36.4 Å². The van der Waals surface area contributed by atoms with Gasteiger partial charge in [0.1, 0.15) is 16.2 Å². The van der Waals surface area contributed by atoms with Crippen LogP contribution >= 0.6 is 0 Å². The number of aromatic nitrogens is 2. The Morgan fingerprint density at radius 2 is 2.05 bits per heavy atom. The zero-order chi connectivity index (χ0) is 14.6. The molecule has 3 unspecified atom stereocenters. The Morgan fingerprint density at radius 3 is 2.65 bits per heavy atom. The van der Waals surface area contributed by atoms with Crippen LogP contribution in [0, 0.1) is 5.92 Å². The Labute approximate surface area is 121 Å². The van der Waals surface area contributed by atoms with Gasteiger partial charge in [-0.1, -0.05) is 13.3 Å². The molecule has 2 rings (SSSR count). The largest absolute Gasteiger partial charge is 0.310 e. The molecule has 1 aromatic heterocycles. The number of nitrogens with one attached hydrogen (secondary N) is 1. The predicted molar refractivity (Wildman–Crippen MR) is 79.0 cm³/mol. The molecule has 1 aliphatic carbocycles. The molecule has 3 atom stereocenters. The first-order valence-electron chi connectivity index (χ1n) is 7.19. The highest BCUT2D eigenvalue weighted by atomic mass is 32.2. The van der Waals surface area contributed by atoms with Crippen molar-refractivity contribution >= 4 is 9.84 Å². The molecule has 0 bridgehead atoms. The molecule has 5 nitrogen and oxygen atoms in total. The number of sulfone groups is 1. The van der Waals surface area contributed by atoms with E-state index in [1.165, 1.54) is 12.6 Å². The van der Waals surface area contributed by atoms with Crippen molar-refractivity contribution in [3.05, 3.63) is 24.3 Å². The van der Waals surface area contributed by atoms with Gasteiger partial charge in [-0.2, -0.15) is 0 Å². The molecule has 0 aliphatic heterocycles. The van der Waals surface area contributed by atoms with Gasteiger partial charge in [-0.05, 0) is 31.7 Å². The third-order valence-corrected chi connectivity index (χ3v) is 5.75. The average Bonchev–Trinajstić information content (AvgIpc) is 2.45. The van der Waals surface area contributed by atoms with E-state index in [9.17, 15) is 8.42 Å². The van der Waals surface area contributed by atoms with E-state index in [1.54, 1.807) is 0 Å². The van der Waals surface area contributed by atoms with Crippen molar-refractivity contribution < 1.29 is 8.42 Å². The van der Waals surface area contributed by atoms with E-state index in [2.05, 4.69) is 22.2 Å². The summed E-state index contributed by atoms with van der Waals surface area (Å²) >= 11 is 0. The molecule has 1 fully saturated rings. The molecule has 20 heavy (non-hydrogen) atoms. The fourth-order valence-corrected chi connectivity index (χ4v) is 4.31. The monoisotopic (exact) mass is 297 g/mol. The Bertz CT molecular complexity index is 518. The van der Waals surface area contributed by atoms with E-state index in [1.807, 2.05) is 12.4 Å². The van der Waals surface area contributed by atoms with E-state index >= 15 is 0 Å². The highest BCUT2D eigenvalue weighted by Gasteiger charge is 2.33. The third kappa shape index (κ3) is 3.76. The smallest absolute Gasteiger partial charge is 0.150 e. The molecule has 1 aromatic rings. The van der Waals surface area contributed by atoms with Crippen LogP contribution in [0.3, 0.4) is 0 Å². The fraction of sp³-hybridized carbons (Fsp3) is 0.714. The summed E-state index contributed by atoms with van der Waals surface area (Å²) in [4.78, 5) is 8.16. The van der Waals surface area contributed by atoms with Crippen LogP contribution in [0.25, 0.3) is 0 Å². The van der Waals surface area contributed by atoms with Gasteiger partial charge in [0.25, 0.3) is 0 Å². The second-order valence-corrected chi connectivity index (χ2v) is 7.91. The van der Waals surface area contributed by atoms with Crippen molar-refractivity contribution in [1.29, 1.82) is 0 Å². The van der Waals surface area contributed by atoms with Crippen molar-refractivity contribution in [3.8, 4) is 0 Å². The van der Waals surface area contributed by atoms with Crippen LogP contribution in [0.15, 0.2) is 18.7 Å². The molecule has 0 amide bonds. The van der Waals surface area contributed by atoms with Crippen LogP contribution in [0.4, 0.5) is 0 Å². The number of nitrogens with zero attached hydrogens (tertiary/aromatic N) is 2. The Hall–Kier alpha value is -1.01. The SMILES string of the molecule is CCNC(c1cncnc1)C1CCCC(S(C)(=O)=O)C1. The molecule has 1 heterocycles. The van der Waals surface area contributed by atoms with Crippen molar-refractivity contribution in [2.24, 2.45) is 5.92 Å². The van der Waals surface area contributed by atoms with Gasteiger partial charge in [0, 0.05) is 30.3 Å². The van der Waals surface area contributed by atoms with Gasteiger partial charge in [0.2, 0.25) is 0 Å². The van der Waals surface area contributed by atoms with E-state index in [0.717, 1.165) is 37.8 Å². The van der Waals surface area contributed by atoms with E-state index in [0.29, 0.717) is 5.92 Å². The molecule has 1 aliphatic rings. The van der Waals surface area contributed by atoms with Gasteiger partial charge in [-0.15, -0.1) is 0 Å². The zero-order valence-corrected chi connectivity index (χ0v) is 12.9. The first-order valence-corrected chi connectivity index (χ1v) is 9.15. The summed E-state index contributed by atoms with van der Waals surface area (Å²) in [7, 11) is -2.95. The second-order valence-electron chi connectivity index (χ2n) is 5.59. The van der Waals surface area contributed by atoms with Gasteiger partial charge in [0.15, 0.2) is 0 Å². The van der Waals surface area contributed by atoms with Gasteiger partial charge in [-0.3, -0.25) is 0 Å². The number of rotatable bonds is 5. The van der Waals surface area contributed by atoms with Crippen molar-refractivity contribution in [3.63, 3.8) is 0 Å². The summed E-state index contributed by atoms with van der Waals surface area (Å²) in [6.45, 7) is 2.91. The van der Waals surface area contributed by atoms with Crippen LogP contribution in [0.1, 0.15) is 44.2 Å². The van der Waals surface area contributed by atoms with Crippen molar-refractivity contribution in [2.45, 2.75) is 43.9 Å². The van der Waals surface area contributed by atoms with Gasteiger partial charge >= 0.3 is 0 Å². The lowest BCUT2D eigenvalue weighted by Gasteiger charge is -2.34. The molecule has 0 aromatic carbocycles. The van der Waals surface area contributed by atoms with Crippen molar-refractivity contribution in [1.82, 2.24) is 15.3 Å². The molecule has 0 radical (unpaired) electrons. The highest BCUT2D eigenvalue weighted by molar-refractivity contribution is 7.91. The van der Waals surface area contributed by atoms with Crippen LogP contribution in [-0.2, 0) is 9.84 Å². The first kappa shape index (κ1) is 15.4. The Morgan fingerprint density at radius 1 is 1.35 bits per heavy atom. The number of hydrogen-bond donors (Lipinski definition) is 1. The summed E-state index contributed by atoms with van der Waals surface area (Å²) in [6, 6.07) is 0.144. The maximum absolute atomic E-state index is 11.8. The van der Waals surface area contributed by atoms with Crippen molar-refractivity contribution in [2.75, 3.05) is 12.8 Å². The quantitative estimate of drug-likeness (QED) is 0.896. The average molecular weight is 297 g/mol. The Balaban J connectivity index is 2.17. The summed E-state index contributed by atoms with van der Waals surface area (Å²) in [5.74, 6) is 0.328. The molecule has 0 spiro atoms. The minimum atomic E-state index is -2.95. The Kier molecular flexibility index (Phi) is 5.10.